The van der Waals surface area contributed by atoms with Crippen LogP contribution in [0, 0.1) is 6.92 Å². The lowest BCUT2D eigenvalue weighted by molar-refractivity contribution is -0.130. The third-order valence-corrected chi connectivity index (χ3v) is 5.73. The van der Waals surface area contributed by atoms with E-state index in [9.17, 15) is 15.0 Å². The monoisotopic (exact) mass is 446 g/mol. The fraction of sp³-hybridized carbons (Fsp3) is 0.346. The smallest absolute Gasteiger partial charge is 0.226 e. The Morgan fingerprint density at radius 1 is 1.09 bits per heavy atom. The Kier molecular flexibility index (Phi) is 6.33. The molecule has 0 aliphatic carbocycles. The Labute approximate surface area is 194 Å². The Morgan fingerprint density at radius 3 is 2.52 bits per heavy atom. The fourth-order valence-corrected chi connectivity index (χ4v) is 3.99. The third-order valence-electron chi connectivity index (χ3n) is 5.73. The number of phenols is 1. The van der Waals surface area contributed by atoms with Crippen LogP contribution in [0.4, 0.5) is 5.82 Å². The molecule has 0 radical (unpaired) electrons. The molecule has 2 heterocycles. The van der Waals surface area contributed by atoms with Gasteiger partial charge in [-0.25, -0.2) is 9.97 Å². The number of fused-ring (bicyclic) bond motifs is 1. The van der Waals surface area contributed by atoms with E-state index >= 15 is 0 Å². The van der Waals surface area contributed by atoms with Gasteiger partial charge in [-0.3, -0.25) is 4.79 Å². The number of anilines is 1. The minimum absolute atomic E-state index is 0.0493. The summed E-state index contributed by atoms with van der Waals surface area (Å²) < 4.78 is 0. The summed E-state index contributed by atoms with van der Waals surface area (Å²) in [4.78, 5) is 26.2. The highest BCUT2D eigenvalue weighted by molar-refractivity contribution is 5.92. The number of aromatic hydroxyl groups is 1. The maximum atomic E-state index is 12.6. The van der Waals surface area contributed by atoms with Gasteiger partial charge in [-0.1, -0.05) is 30.4 Å². The molecule has 1 fully saturated rings. The van der Waals surface area contributed by atoms with Crippen LogP contribution >= 0.6 is 0 Å². The van der Waals surface area contributed by atoms with Crippen LogP contribution in [-0.2, 0) is 4.79 Å². The highest BCUT2D eigenvalue weighted by Gasteiger charge is 2.24. The van der Waals surface area contributed by atoms with E-state index in [0.29, 0.717) is 37.6 Å². The molecule has 1 aliphatic heterocycles. The Bertz CT molecular complexity index is 1190. The van der Waals surface area contributed by atoms with Gasteiger partial charge in [0.2, 0.25) is 5.91 Å². The van der Waals surface area contributed by atoms with Crippen LogP contribution in [0.2, 0.25) is 0 Å². The lowest BCUT2D eigenvalue weighted by Crippen LogP contribution is -2.49. The molecule has 3 aromatic rings. The number of piperazine rings is 1. The zero-order valence-electron chi connectivity index (χ0n) is 19.3. The number of benzene rings is 2. The molecule has 0 saturated carbocycles. The number of carbonyl (C=O) groups is 1. The Balaban J connectivity index is 1.58. The second-order valence-electron chi connectivity index (χ2n) is 9.04. The second-order valence-corrected chi connectivity index (χ2v) is 9.04. The average Bonchev–Trinajstić information content (AvgIpc) is 2.77. The van der Waals surface area contributed by atoms with Gasteiger partial charge in [0.05, 0.1) is 16.7 Å². The normalized spacial score (nSPS) is 14.9. The highest BCUT2D eigenvalue weighted by atomic mass is 16.3. The summed E-state index contributed by atoms with van der Waals surface area (Å²) in [5, 5.41) is 21.1. The molecule has 7 heteroatoms. The fourth-order valence-electron chi connectivity index (χ4n) is 3.99. The van der Waals surface area contributed by atoms with Crippen LogP contribution in [0.5, 0.6) is 5.75 Å². The number of phenolic OH excluding ortho intramolecular Hbond substituents is 1. The van der Waals surface area contributed by atoms with E-state index in [0.717, 1.165) is 22.3 Å². The average molecular weight is 447 g/mol. The number of para-hydroxylation sites is 1. The maximum Gasteiger partial charge on any atom is 0.226 e. The first kappa shape index (κ1) is 22.7. The molecule has 172 valence electrons. The summed E-state index contributed by atoms with van der Waals surface area (Å²) in [6.07, 6.45) is 3.65. The van der Waals surface area contributed by atoms with Crippen molar-refractivity contribution in [3.8, 4) is 17.1 Å². The van der Waals surface area contributed by atoms with Crippen molar-refractivity contribution in [2.45, 2.75) is 32.8 Å². The molecule has 0 spiro atoms. The lowest BCUT2D eigenvalue weighted by Gasteiger charge is -2.36. The number of carbonyl (C=O) groups excluding carboxylic acids is 1. The molecule has 1 saturated heterocycles. The van der Waals surface area contributed by atoms with Gasteiger partial charge in [0.15, 0.2) is 5.82 Å². The van der Waals surface area contributed by atoms with Gasteiger partial charge in [0, 0.05) is 38.0 Å². The molecule has 4 rings (SSSR count). The maximum absolute atomic E-state index is 12.6. The predicted molar refractivity (Wildman–Crippen MR) is 130 cm³/mol. The summed E-state index contributed by atoms with van der Waals surface area (Å²) in [6.45, 7) is 7.89. The Hall–Kier alpha value is -3.45. The number of aromatic nitrogens is 2. The summed E-state index contributed by atoms with van der Waals surface area (Å²) in [5.41, 5.74) is 1.60. The number of amides is 1. The zero-order valence-corrected chi connectivity index (χ0v) is 19.3. The molecule has 2 aromatic carbocycles. The first-order chi connectivity index (χ1) is 15.7. The molecule has 0 bridgehead atoms. The quantitative estimate of drug-likeness (QED) is 0.581. The van der Waals surface area contributed by atoms with Crippen molar-refractivity contribution in [2.24, 2.45) is 0 Å². The van der Waals surface area contributed by atoms with Crippen molar-refractivity contribution in [3.05, 3.63) is 60.2 Å². The predicted octanol–water partition coefficient (Wildman–Crippen LogP) is 3.68. The SMILES string of the molecule is Cc1ccc2c(N3CCN(C(=O)C/C=C/C(C)(C)O)CC3)nc(-c3ccccc3O)nc2c1. The standard InChI is InChI=1S/C26H30N4O3/c1-18-10-11-19-21(17-18)27-24(20-7-4-5-8-22(20)31)28-25(19)30-15-13-29(14-16-30)23(32)9-6-12-26(2,3)33/h4-8,10-12,17,31,33H,9,13-16H2,1-3H3/b12-6+. The highest BCUT2D eigenvalue weighted by Crippen LogP contribution is 2.32. The van der Waals surface area contributed by atoms with Crippen LogP contribution < -0.4 is 4.90 Å². The van der Waals surface area contributed by atoms with E-state index in [4.69, 9.17) is 9.97 Å². The first-order valence-corrected chi connectivity index (χ1v) is 11.2. The van der Waals surface area contributed by atoms with Crippen molar-refractivity contribution in [1.82, 2.24) is 14.9 Å². The summed E-state index contributed by atoms with van der Waals surface area (Å²) >= 11 is 0. The van der Waals surface area contributed by atoms with Gasteiger partial charge in [0.1, 0.15) is 11.6 Å². The molecular weight excluding hydrogens is 416 g/mol. The molecule has 7 nitrogen and oxygen atoms in total. The number of hydrogen-bond acceptors (Lipinski definition) is 6. The van der Waals surface area contributed by atoms with Crippen molar-refractivity contribution in [1.29, 1.82) is 0 Å². The van der Waals surface area contributed by atoms with E-state index in [1.807, 2.05) is 42.2 Å². The molecule has 1 aromatic heterocycles. The van der Waals surface area contributed by atoms with Gasteiger partial charge in [-0.05, 0) is 50.6 Å². The van der Waals surface area contributed by atoms with Gasteiger partial charge in [-0.2, -0.15) is 0 Å². The van der Waals surface area contributed by atoms with Crippen molar-refractivity contribution in [3.63, 3.8) is 0 Å². The minimum Gasteiger partial charge on any atom is -0.507 e. The van der Waals surface area contributed by atoms with E-state index in [2.05, 4.69) is 4.90 Å². The number of aliphatic hydroxyl groups is 1. The van der Waals surface area contributed by atoms with Crippen LogP contribution in [-0.4, -0.2) is 62.8 Å². The van der Waals surface area contributed by atoms with E-state index in [-0.39, 0.29) is 18.1 Å². The molecule has 2 N–H and O–H groups in total. The second kappa shape index (κ2) is 9.19. The van der Waals surface area contributed by atoms with Gasteiger partial charge < -0.3 is 20.0 Å². The van der Waals surface area contributed by atoms with Crippen LogP contribution in [0.25, 0.3) is 22.3 Å². The molecular formula is C26H30N4O3. The molecule has 0 atom stereocenters. The third kappa shape index (κ3) is 5.31. The van der Waals surface area contributed by atoms with Crippen molar-refractivity contribution in [2.75, 3.05) is 31.1 Å². The van der Waals surface area contributed by atoms with Crippen LogP contribution in [0.3, 0.4) is 0 Å². The number of aryl methyl sites for hydroxylation is 1. The minimum atomic E-state index is -0.920. The van der Waals surface area contributed by atoms with Crippen molar-refractivity contribution < 1.29 is 15.0 Å². The van der Waals surface area contributed by atoms with Crippen LogP contribution in [0.1, 0.15) is 25.8 Å². The molecule has 33 heavy (non-hydrogen) atoms. The number of hydrogen-bond donors (Lipinski definition) is 2. The summed E-state index contributed by atoms with van der Waals surface area (Å²) in [5.74, 6) is 1.49. The van der Waals surface area contributed by atoms with Gasteiger partial charge >= 0.3 is 0 Å². The molecule has 1 aliphatic rings. The topological polar surface area (TPSA) is 89.8 Å². The van der Waals surface area contributed by atoms with E-state index in [1.165, 1.54) is 0 Å². The summed E-state index contributed by atoms with van der Waals surface area (Å²) in [7, 11) is 0. The Morgan fingerprint density at radius 2 is 1.82 bits per heavy atom. The first-order valence-electron chi connectivity index (χ1n) is 11.2. The largest absolute Gasteiger partial charge is 0.507 e. The molecule has 0 unspecified atom stereocenters. The zero-order chi connectivity index (χ0) is 23.6. The number of rotatable bonds is 5. The van der Waals surface area contributed by atoms with E-state index in [1.54, 1.807) is 38.1 Å². The van der Waals surface area contributed by atoms with E-state index < -0.39 is 5.60 Å². The lowest BCUT2D eigenvalue weighted by atomic mass is 10.1. The molecule has 1 amide bonds. The summed E-state index contributed by atoms with van der Waals surface area (Å²) in [6, 6.07) is 13.2. The number of nitrogens with zero attached hydrogens (tertiary/aromatic N) is 4. The van der Waals surface area contributed by atoms with Gasteiger partial charge in [-0.15, -0.1) is 0 Å². The van der Waals surface area contributed by atoms with Crippen LogP contribution in [0.15, 0.2) is 54.6 Å². The van der Waals surface area contributed by atoms with Gasteiger partial charge in [0.25, 0.3) is 0 Å². The van der Waals surface area contributed by atoms with Crippen molar-refractivity contribution >= 4 is 22.6 Å².